The van der Waals surface area contributed by atoms with E-state index in [1.165, 1.54) is 12.8 Å². The Morgan fingerprint density at radius 2 is 1.77 bits per heavy atom. The van der Waals surface area contributed by atoms with Crippen molar-refractivity contribution in [3.8, 4) is 17.6 Å². The van der Waals surface area contributed by atoms with Crippen LogP contribution in [0, 0.1) is 11.8 Å². The van der Waals surface area contributed by atoms with Gasteiger partial charge >= 0.3 is 0 Å². The number of benzene rings is 2. The summed E-state index contributed by atoms with van der Waals surface area (Å²) in [6.45, 7) is 2.89. The molecule has 1 fully saturated rings. The Morgan fingerprint density at radius 3 is 2.42 bits per heavy atom. The molecule has 0 saturated carbocycles. The summed E-state index contributed by atoms with van der Waals surface area (Å²) in [5, 5.41) is 11.2. The highest BCUT2D eigenvalue weighted by molar-refractivity contribution is 5.55. The molecule has 1 aliphatic rings. The molecule has 3 nitrogen and oxygen atoms in total. The number of methoxy groups -OCH3 is 1. The van der Waals surface area contributed by atoms with Crippen LogP contribution in [0.5, 0.6) is 5.75 Å². The number of ether oxygens (including phenoxy) is 1. The van der Waals surface area contributed by atoms with E-state index in [9.17, 15) is 5.11 Å². The Morgan fingerprint density at radius 1 is 1.08 bits per heavy atom. The van der Waals surface area contributed by atoms with Crippen LogP contribution in [0.1, 0.15) is 24.0 Å². The smallest absolute Gasteiger partial charge is 0.170 e. The normalized spacial score (nSPS) is 16.8. The number of likely N-dealkylation sites (tertiary alicyclic amines) is 1. The zero-order chi connectivity index (χ0) is 18.2. The van der Waals surface area contributed by atoms with E-state index in [-0.39, 0.29) is 0 Å². The third-order valence-electron chi connectivity index (χ3n) is 4.63. The molecule has 1 saturated heterocycles. The third kappa shape index (κ3) is 4.76. The summed E-state index contributed by atoms with van der Waals surface area (Å²) < 4.78 is 5.19. The maximum atomic E-state index is 11.2. The summed E-state index contributed by atoms with van der Waals surface area (Å²) in [7, 11) is 1.65. The molecular weight excluding hydrogens is 322 g/mol. The second kappa shape index (κ2) is 8.71. The van der Waals surface area contributed by atoms with Crippen LogP contribution in [-0.4, -0.2) is 36.8 Å². The number of aliphatic hydroxyl groups is 1. The average molecular weight is 347 g/mol. The molecule has 3 rings (SSSR count). The van der Waals surface area contributed by atoms with Crippen LogP contribution in [0.25, 0.3) is 6.08 Å². The molecule has 1 heterocycles. The molecule has 1 unspecified atom stereocenters. The van der Waals surface area contributed by atoms with Crippen molar-refractivity contribution >= 4 is 6.08 Å². The van der Waals surface area contributed by atoms with Gasteiger partial charge < -0.3 is 9.84 Å². The molecule has 2 aromatic carbocycles. The van der Waals surface area contributed by atoms with Gasteiger partial charge in [0.1, 0.15) is 5.75 Å². The minimum atomic E-state index is -1.30. The van der Waals surface area contributed by atoms with Gasteiger partial charge in [-0.25, -0.2) is 0 Å². The van der Waals surface area contributed by atoms with Crippen molar-refractivity contribution < 1.29 is 9.84 Å². The average Bonchev–Trinajstić information content (AvgIpc) is 3.21. The molecule has 0 amide bonds. The molecule has 3 heteroatoms. The highest BCUT2D eigenvalue weighted by Crippen LogP contribution is 2.24. The fourth-order valence-corrected chi connectivity index (χ4v) is 3.06. The molecule has 134 valence electrons. The van der Waals surface area contributed by atoms with E-state index in [1.807, 2.05) is 60.7 Å². The summed E-state index contributed by atoms with van der Waals surface area (Å²) in [6.07, 6.45) is 6.14. The van der Waals surface area contributed by atoms with Gasteiger partial charge in [-0.2, -0.15) is 0 Å². The van der Waals surface area contributed by atoms with Crippen LogP contribution in [0.2, 0.25) is 0 Å². The number of hydrogen-bond donors (Lipinski definition) is 1. The third-order valence-corrected chi connectivity index (χ3v) is 4.63. The summed E-state index contributed by atoms with van der Waals surface area (Å²) in [5.41, 5.74) is 0.459. The number of rotatable bonds is 5. The standard InChI is InChI=1S/C23H25NO2/c1-26-22-12-10-20(11-13-22)14-16-23(25,21-8-3-2-4-9-21)15-7-19-24-17-5-6-18-24/h2-4,8-14,16,25H,5-6,17-19H2,1H3/b16-14+. The quantitative estimate of drug-likeness (QED) is 0.837. The van der Waals surface area contributed by atoms with Gasteiger partial charge in [0.2, 0.25) is 0 Å². The van der Waals surface area contributed by atoms with Crippen molar-refractivity contribution in [1.82, 2.24) is 4.90 Å². The maximum Gasteiger partial charge on any atom is 0.170 e. The maximum absolute atomic E-state index is 11.2. The number of nitrogens with zero attached hydrogens (tertiary/aromatic N) is 1. The molecule has 0 bridgehead atoms. The first-order valence-corrected chi connectivity index (χ1v) is 9.03. The topological polar surface area (TPSA) is 32.7 Å². The van der Waals surface area contributed by atoms with Gasteiger partial charge in [0.05, 0.1) is 13.7 Å². The largest absolute Gasteiger partial charge is 0.497 e. The Kier molecular flexibility index (Phi) is 6.12. The zero-order valence-electron chi connectivity index (χ0n) is 15.2. The predicted molar refractivity (Wildman–Crippen MR) is 106 cm³/mol. The second-order valence-electron chi connectivity index (χ2n) is 6.52. The lowest BCUT2D eigenvalue weighted by Crippen LogP contribution is -2.23. The van der Waals surface area contributed by atoms with Crippen molar-refractivity contribution in [3.05, 3.63) is 71.8 Å². The lowest BCUT2D eigenvalue weighted by Gasteiger charge is -2.19. The molecule has 0 radical (unpaired) electrons. The Labute approximate surface area is 155 Å². The molecule has 0 spiro atoms. The first-order chi connectivity index (χ1) is 12.7. The SMILES string of the molecule is COc1ccc(/C=C/C(O)(C#CCN2CCCC2)c2ccccc2)cc1. The van der Waals surface area contributed by atoms with E-state index in [0.717, 1.165) is 30.0 Å². The summed E-state index contributed by atoms with van der Waals surface area (Å²) in [5.74, 6) is 7.07. The van der Waals surface area contributed by atoms with E-state index in [4.69, 9.17) is 4.74 Å². The van der Waals surface area contributed by atoms with Crippen molar-refractivity contribution in [1.29, 1.82) is 0 Å². The fourth-order valence-electron chi connectivity index (χ4n) is 3.06. The molecule has 1 N–H and O–H groups in total. The van der Waals surface area contributed by atoms with Crippen molar-refractivity contribution in [2.75, 3.05) is 26.7 Å². The second-order valence-corrected chi connectivity index (χ2v) is 6.52. The first kappa shape index (κ1) is 18.3. The highest BCUT2D eigenvalue weighted by atomic mass is 16.5. The van der Waals surface area contributed by atoms with Gasteiger partial charge in [0.25, 0.3) is 0 Å². The lowest BCUT2D eigenvalue weighted by atomic mass is 9.93. The van der Waals surface area contributed by atoms with E-state index in [0.29, 0.717) is 6.54 Å². The van der Waals surface area contributed by atoms with Crippen molar-refractivity contribution in [2.24, 2.45) is 0 Å². The minimum absolute atomic E-state index is 0.700. The van der Waals surface area contributed by atoms with E-state index in [2.05, 4.69) is 16.7 Å². The van der Waals surface area contributed by atoms with Gasteiger partial charge in [-0.15, -0.1) is 0 Å². The van der Waals surface area contributed by atoms with E-state index >= 15 is 0 Å². The molecule has 1 atom stereocenters. The van der Waals surface area contributed by atoms with Gasteiger partial charge in [0, 0.05) is 0 Å². The van der Waals surface area contributed by atoms with Crippen LogP contribution in [-0.2, 0) is 5.60 Å². The predicted octanol–water partition coefficient (Wildman–Crippen LogP) is 3.70. The van der Waals surface area contributed by atoms with Crippen molar-refractivity contribution in [2.45, 2.75) is 18.4 Å². The van der Waals surface area contributed by atoms with Gasteiger partial charge in [-0.05, 0) is 55.3 Å². The molecule has 1 aliphatic heterocycles. The van der Waals surface area contributed by atoms with E-state index < -0.39 is 5.60 Å². The van der Waals surface area contributed by atoms with Crippen LogP contribution >= 0.6 is 0 Å². The van der Waals surface area contributed by atoms with E-state index in [1.54, 1.807) is 13.2 Å². The van der Waals surface area contributed by atoms with Crippen LogP contribution in [0.3, 0.4) is 0 Å². The lowest BCUT2D eigenvalue weighted by molar-refractivity contribution is 0.154. The monoisotopic (exact) mass is 347 g/mol. The van der Waals surface area contributed by atoms with Crippen molar-refractivity contribution in [3.63, 3.8) is 0 Å². The molecule has 26 heavy (non-hydrogen) atoms. The molecule has 0 aliphatic carbocycles. The Balaban J connectivity index is 1.82. The zero-order valence-corrected chi connectivity index (χ0v) is 15.2. The van der Waals surface area contributed by atoms with Crippen LogP contribution in [0.15, 0.2) is 60.7 Å². The molecular formula is C23H25NO2. The molecule has 2 aromatic rings. The van der Waals surface area contributed by atoms with Crippen LogP contribution in [0.4, 0.5) is 0 Å². The van der Waals surface area contributed by atoms with Gasteiger partial charge in [-0.3, -0.25) is 4.90 Å². The Bertz CT molecular complexity index is 780. The Hall–Kier alpha value is -2.54. The van der Waals surface area contributed by atoms with Gasteiger partial charge in [-0.1, -0.05) is 60.4 Å². The highest BCUT2D eigenvalue weighted by Gasteiger charge is 2.23. The van der Waals surface area contributed by atoms with Gasteiger partial charge in [0.15, 0.2) is 5.60 Å². The van der Waals surface area contributed by atoms with Crippen LogP contribution < -0.4 is 4.74 Å². The first-order valence-electron chi connectivity index (χ1n) is 9.03. The molecule has 0 aromatic heterocycles. The summed E-state index contributed by atoms with van der Waals surface area (Å²) in [6, 6.07) is 17.3. The summed E-state index contributed by atoms with van der Waals surface area (Å²) in [4.78, 5) is 2.33. The number of hydrogen-bond acceptors (Lipinski definition) is 3. The fraction of sp³-hybridized carbons (Fsp3) is 0.304. The minimum Gasteiger partial charge on any atom is -0.497 e. The summed E-state index contributed by atoms with van der Waals surface area (Å²) >= 11 is 0.